The molecule has 0 spiro atoms. The molecule has 1 unspecified atom stereocenters. The average molecular weight is 288 g/mol. The molecule has 6 heteroatoms. The van der Waals surface area contributed by atoms with Crippen molar-refractivity contribution in [3.05, 3.63) is 47.6 Å². The summed E-state index contributed by atoms with van der Waals surface area (Å²) in [4.78, 5) is 17.9. The van der Waals surface area contributed by atoms with Gasteiger partial charge in [-0.2, -0.15) is 4.98 Å². The molecule has 0 fully saturated rings. The van der Waals surface area contributed by atoms with E-state index < -0.39 is 0 Å². The SMILES string of the molecule is CCc1noc(CN(C)C(=O)CC(N)c2ccccc2)n1. The van der Waals surface area contributed by atoms with Gasteiger partial charge >= 0.3 is 0 Å². The fraction of sp³-hybridized carbons (Fsp3) is 0.400. The molecular weight excluding hydrogens is 268 g/mol. The van der Waals surface area contributed by atoms with Gasteiger partial charge in [0.2, 0.25) is 11.8 Å². The zero-order valence-electron chi connectivity index (χ0n) is 12.3. The van der Waals surface area contributed by atoms with Crippen LogP contribution in [0, 0.1) is 0 Å². The molecule has 112 valence electrons. The molecule has 21 heavy (non-hydrogen) atoms. The van der Waals surface area contributed by atoms with E-state index in [-0.39, 0.29) is 18.4 Å². The number of nitrogens with two attached hydrogens (primary N) is 1. The summed E-state index contributed by atoms with van der Waals surface area (Å²) in [7, 11) is 1.70. The Hall–Kier alpha value is -2.21. The molecular formula is C15H20N4O2. The van der Waals surface area contributed by atoms with Crippen LogP contribution in [0.25, 0.3) is 0 Å². The van der Waals surface area contributed by atoms with Gasteiger partial charge in [-0.3, -0.25) is 4.79 Å². The van der Waals surface area contributed by atoms with Crippen molar-refractivity contribution in [2.75, 3.05) is 7.05 Å². The van der Waals surface area contributed by atoms with E-state index in [0.29, 0.717) is 24.7 Å². The van der Waals surface area contributed by atoms with Gasteiger partial charge in [-0.1, -0.05) is 42.4 Å². The van der Waals surface area contributed by atoms with Gasteiger partial charge in [-0.05, 0) is 5.56 Å². The Labute approximate surface area is 123 Å². The number of aromatic nitrogens is 2. The van der Waals surface area contributed by atoms with E-state index in [1.165, 1.54) is 0 Å². The average Bonchev–Trinajstić information content (AvgIpc) is 2.95. The highest BCUT2D eigenvalue weighted by molar-refractivity contribution is 5.76. The third-order valence-corrected chi connectivity index (χ3v) is 3.25. The number of amides is 1. The van der Waals surface area contributed by atoms with Gasteiger partial charge in [-0.25, -0.2) is 0 Å². The van der Waals surface area contributed by atoms with E-state index in [1.54, 1.807) is 11.9 Å². The van der Waals surface area contributed by atoms with Gasteiger partial charge in [0, 0.05) is 25.9 Å². The molecule has 0 saturated heterocycles. The highest BCUT2D eigenvalue weighted by atomic mass is 16.5. The van der Waals surface area contributed by atoms with Crippen molar-refractivity contribution in [1.82, 2.24) is 15.0 Å². The number of hydrogen-bond donors (Lipinski definition) is 1. The van der Waals surface area contributed by atoms with Crippen LogP contribution in [0.1, 0.15) is 36.7 Å². The fourth-order valence-corrected chi connectivity index (χ4v) is 1.95. The minimum absolute atomic E-state index is 0.0531. The van der Waals surface area contributed by atoms with Gasteiger partial charge in [0.15, 0.2) is 5.82 Å². The minimum atomic E-state index is -0.310. The largest absolute Gasteiger partial charge is 0.337 e. The van der Waals surface area contributed by atoms with E-state index in [2.05, 4.69) is 10.1 Å². The van der Waals surface area contributed by atoms with Crippen LogP contribution in [0.3, 0.4) is 0 Å². The normalized spacial score (nSPS) is 12.1. The fourth-order valence-electron chi connectivity index (χ4n) is 1.95. The van der Waals surface area contributed by atoms with Gasteiger partial charge in [-0.15, -0.1) is 0 Å². The Bertz CT molecular complexity index is 582. The first-order valence-corrected chi connectivity index (χ1v) is 6.96. The monoisotopic (exact) mass is 288 g/mol. The maximum Gasteiger partial charge on any atom is 0.246 e. The molecule has 2 N–H and O–H groups in total. The zero-order chi connectivity index (χ0) is 15.2. The standard InChI is InChI=1S/C15H20N4O2/c1-3-13-17-14(21-18-13)10-19(2)15(20)9-12(16)11-7-5-4-6-8-11/h4-8,12H,3,9-10,16H2,1-2H3. The van der Waals surface area contributed by atoms with Crippen LogP contribution in [0.2, 0.25) is 0 Å². The Morgan fingerprint density at radius 2 is 2.10 bits per heavy atom. The van der Waals surface area contributed by atoms with Gasteiger partial charge in [0.05, 0.1) is 6.54 Å². The molecule has 0 radical (unpaired) electrons. The van der Waals surface area contributed by atoms with Gasteiger partial charge in [0.1, 0.15) is 0 Å². The van der Waals surface area contributed by atoms with E-state index >= 15 is 0 Å². The van der Waals surface area contributed by atoms with Crippen LogP contribution < -0.4 is 5.73 Å². The summed E-state index contributed by atoms with van der Waals surface area (Å²) in [6.45, 7) is 2.25. The third-order valence-electron chi connectivity index (χ3n) is 3.25. The van der Waals surface area contributed by atoms with Crippen molar-refractivity contribution in [2.24, 2.45) is 5.73 Å². The second-order valence-electron chi connectivity index (χ2n) is 4.93. The Morgan fingerprint density at radius 3 is 2.71 bits per heavy atom. The molecule has 6 nitrogen and oxygen atoms in total. The molecule has 2 rings (SSSR count). The molecule has 1 heterocycles. The first-order chi connectivity index (χ1) is 10.1. The highest BCUT2D eigenvalue weighted by Crippen LogP contribution is 2.15. The van der Waals surface area contributed by atoms with E-state index in [9.17, 15) is 4.79 Å². The van der Waals surface area contributed by atoms with Crippen LogP contribution in [0.5, 0.6) is 0 Å². The number of carbonyl (C=O) groups is 1. The van der Waals surface area contributed by atoms with Crippen molar-refractivity contribution >= 4 is 5.91 Å². The predicted molar refractivity (Wildman–Crippen MR) is 78.1 cm³/mol. The minimum Gasteiger partial charge on any atom is -0.337 e. The summed E-state index contributed by atoms with van der Waals surface area (Å²) >= 11 is 0. The topological polar surface area (TPSA) is 85.2 Å². The Morgan fingerprint density at radius 1 is 1.38 bits per heavy atom. The third kappa shape index (κ3) is 4.13. The molecule has 0 saturated carbocycles. The summed E-state index contributed by atoms with van der Waals surface area (Å²) in [5, 5.41) is 3.81. The molecule has 0 aliphatic carbocycles. The molecule has 0 aliphatic heterocycles. The maximum atomic E-state index is 12.2. The van der Waals surface area contributed by atoms with Gasteiger partial charge < -0.3 is 15.2 Å². The molecule has 0 aliphatic rings. The number of rotatable bonds is 6. The van der Waals surface area contributed by atoms with Crippen molar-refractivity contribution in [2.45, 2.75) is 32.4 Å². The lowest BCUT2D eigenvalue weighted by molar-refractivity contribution is -0.131. The lowest BCUT2D eigenvalue weighted by Crippen LogP contribution is -2.29. The summed E-state index contributed by atoms with van der Waals surface area (Å²) in [6.07, 6.45) is 0.954. The molecule has 1 aromatic heterocycles. The first kappa shape index (κ1) is 15.2. The summed E-state index contributed by atoms with van der Waals surface area (Å²) in [5.74, 6) is 1.03. The summed E-state index contributed by atoms with van der Waals surface area (Å²) < 4.78 is 5.08. The number of aryl methyl sites for hydroxylation is 1. The lowest BCUT2D eigenvalue weighted by Gasteiger charge is -2.18. The van der Waals surface area contributed by atoms with Crippen molar-refractivity contribution in [3.63, 3.8) is 0 Å². The quantitative estimate of drug-likeness (QED) is 0.874. The predicted octanol–water partition coefficient (Wildman–Crippen LogP) is 1.68. The number of nitrogens with zero attached hydrogens (tertiary/aromatic N) is 3. The zero-order valence-corrected chi connectivity index (χ0v) is 12.3. The molecule has 1 aromatic carbocycles. The second kappa shape index (κ2) is 6.99. The van der Waals surface area contributed by atoms with E-state index in [1.807, 2.05) is 37.3 Å². The first-order valence-electron chi connectivity index (χ1n) is 6.96. The number of benzene rings is 1. The smallest absolute Gasteiger partial charge is 0.246 e. The van der Waals surface area contributed by atoms with Crippen LogP contribution in [-0.2, 0) is 17.8 Å². The molecule has 2 aromatic rings. The summed E-state index contributed by atoms with van der Waals surface area (Å²) in [5.41, 5.74) is 7.00. The van der Waals surface area contributed by atoms with E-state index in [0.717, 1.165) is 5.56 Å². The lowest BCUT2D eigenvalue weighted by atomic mass is 10.0. The van der Waals surface area contributed by atoms with Crippen LogP contribution >= 0.6 is 0 Å². The van der Waals surface area contributed by atoms with Crippen molar-refractivity contribution in [3.8, 4) is 0 Å². The van der Waals surface area contributed by atoms with E-state index in [4.69, 9.17) is 10.3 Å². The number of hydrogen-bond acceptors (Lipinski definition) is 5. The Kier molecular flexibility index (Phi) is 5.05. The maximum absolute atomic E-state index is 12.2. The molecule has 0 bridgehead atoms. The van der Waals surface area contributed by atoms with Crippen LogP contribution in [0.15, 0.2) is 34.9 Å². The highest BCUT2D eigenvalue weighted by Gasteiger charge is 2.17. The molecule has 1 amide bonds. The number of carbonyl (C=O) groups excluding carboxylic acids is 1. The molecule has 1 atom stereocenters. The van der Waals surface area contributed by atoms with Crippen LogP contribution in [-0.4, -0.2) is 28.0 Å². The van der Waals surface area contributed by atoms with Crippen molar-refractivity contribution < 1.29 is 9.32 Å². The van der Waals surface area contributed by atoms with Crippen molar-refractivity contribution in [1.29, 1.82) is 0 Å². The van der Waals surface area contributed by atoms with Gasteiger partial charge in [0.25, 0.3) is 0 Å². The summed E-state index contributed by atoms with van der Waals surface area (Å²) in [6, 6.07) is 9.27. The van der Waals surface area contributed by atoms with Crippen LogP contribution in [0.4, 0.5) is 0 Å². The Balaban J connectivity index is 1.90. The second-order valence-corrected chi connectivity index (χ2v) is 4.93.